The fraction of sp³-hybridized carbons (Fsp3) is 0.489. The molecule has 64 heavy (non-hydrogen) atoms. The molecule has 4 amide bonds. The topological polar surface area (TPSA) is 202 Å². The molecule has 7 rings (SSSR count). The van der Waals surface area contributed by atoms with Crippen LogP contribution in [0.25, 0.3) is 44.2 Å². The lowest BCUT2D eigenvalue weighted by Crippen LogP contribution is -2.55. The average Bonchev–Trinajstić information content (AvgIpc) is 4.08. The first-order chi connectivity index (χ1) is 30.8. The number of benzene rings is 3. The molecule has 342 valence electrons. The highest BCUT2D eigenvalue weighted by Gasteiger charge is 2.43. The first-order valence-corrected chi connectivity index (χ1v) is 22.0. The van der Waals surface area contributed by atoms with E-state index in [-0.39, 0.29) is 36.5 Å². The van der Waals surface area contributed by atoms with Gasteiger partial charge in [-0.15, -0.1) is 0 Å². The van der Waals surface area contributed by atoms with Gasteiger partial charge in [0, 0.05) is 37.3 Å². The molecule has 2 aromatic heterocycles. The van der Waals surface area contributed by atoms with Gasteiger partial charge in [-0.25, -0.2) is 19.6 Å². The third kappa shape index (κ3) is 9.09. The van der Waals surface area contributed by atoms with E-state index in [1.54, 1.807) is 24.9 Å². The van der Waals surface area contributed by atoms with Crippen molar-refractivity contribution in [3.05, 3.63) is 65.9 Å². The summed E-state index contributed by atoms with van der Waals surface area (Å²) in [6, 6.07) is 12.1. The molecule has 3 aromatic carbocycles. The summed E-state index contributed by atoms with van der Waals surface area (Å²) in [6.07, 6.45) is 3.10. The van der Waals surface area contributed by atoms with E-state index in [2.05, 4.69) is 64.8 Å². The number of carbonyl (C=O) groups excluding carboxylic acids is 4. The molecule has 0 saturated carbocycles. The SMILES string of the molecule is CCC[C@H](C)N(Cc1nc2c(ccc3cc4c(cc32)OCc2cc(-c3cnc([C@@H]5CC[C@H](CC)N5C(=O)[C@@H](NC(=O)OC)[C@@H](C)OC)[nH]3)ccc2-4)[nH]1)C(=O)[C@@H](NC(=O)OC)[C@@H](C)OC. The molecule has 2 aliphatic heterocycles. The Bertz CT molecular complexity index is 2500. The van der Waals surface area contributed by atoms with Crippen LogP contribution in [0, 0.1) is 0 Å². The standard InChI is InChI=1S/C47H60N8O9/c1-10-12-25(3)54(44(56)40(26(4)60-6)52-46(58)62-8)23-39-49-35-17-14-28-20-34-32-16-13-29(19-30(32)24-64-38(34)21-33(28)42(35)51-39)36-22-48-43(50-36)37-18-15-31(11-2)55(37)45(57)41(27(5)61-7)53-47(59)63-9/h13-14,16-17,19-22,25-27,31,37,40-41H,10-12,15,18,23-24H2,1-9H3,(H,48,50)(H,49,51)(H,52,58)(H,53,59)/t25-,26+,27+,31-,37-,40-,41-/m0/s1. The van der Waals surface area contributed by atoms with Gasteiger partial charge in [0.1, 0.15) is 36.1 Å². The van der Waals surface area contributed by atoms with Gasteiger partial charge in [0.15, 0.2) is 0 Å². The van der Waals surface area contributed by atoms with Crippen LogP contribution in [-0.4, -0.2) is 119 Å². The second kappa shape index (κ2) is 19.7. The number of carbonyl (C=O) groups is 4. The summed E-state index contributed by atoms with van der Waals surface area (Å²) in [6.45, 7) is 10.1. The number of H-pyrrole nitrogens is 2. The second-order valence-electron chi connectivity index (χ2n) is 16.7. The predicted molar refractivity (Wildman–Crippen MR) is 240 cm³/mol. The minimum Gasteiger partial charge on any atom is -0.488 e. The Morgan fingerprint density at radius 2 is 1.61 bits per heavy atom. The van der Waals surface area contributed by atoms with E-state index in [4.69, 9.17) is 33.7 Å². The van der Waals surface area contributed by atoms with Gasteiger partial charge in [-0.1, -0.05) is 38.5 Å². The minimum absolute atomic E-state index is 0.0257. The summed E-state index contributed by atoms with van der Waals surface area (Å²) in [5.41, 5.74) is 6.38. The van der Waals surface area contributed by atoms with Crippen molar-refractivity contribution in [3.63, 3.8) is 0 Å². The molecule has 17 heteroatoms. The Hall–Kier alpha value is -6.20. The van der Waals surface area contributed by atoms with Gasteiger partial charge in [-0.3, -0.25) is 9.59 Å². The molecule has 1 fully saturated rings. The van der Waals surface area contributed by atoms with Gasteiger partial charge in [-0.2, -0.15) is 0 Å². The number of aromatic amines is 2. The van der Waals surface area contributed by atoms with Gasteiger partial charge in [0.05, 0.1) is 61.9 Å². The maximum absolute atomic E-state index is 14.1. The molecule has 4 N–H and O–H groups in total. The normalized spacial score (nSPS) is 18.0. The first kappa shape index (κ1) is 45.8. The van der Waals surface area contributed by atoms with Crippen molar-refractivity contribution in [3.8, 4) is 28.1 Å². The van der Waals surface area contributed by atoms with Gasteiger partial charge >= 0.3 is 12.2 Å². The number of rotatable bonds is 16. The zero-order valence-corrected chi connectivity index (χ0v) is 38.1. The molecule has 1 saturated heterocycles. The first-order valence-electron chi connectivity index (χ1n) is 22.0. The lowest BCUT2D eigenvalue weighted by molar-refractivity contribution is -0.140. The predicted octanol–water partition coefficient (Wildman–Crippen LogP) is 7.14. The average molecular weight is 881 g/mol. The van der Waals surface area contributed by atoms with Gasteiger partial charge < -0.3 is 54.1 Å². The number of amides is 4. The van der Waals surface area contributed by atoms with Crippen LogP contribution in [0.1, 0.15) is 90.0 Å². The molecule has 7 atom stereocenters. The van der Waals surface area contributed by atoms with E-state index in [0.717, 1.165) is 87.6 Å². The largest absolute Gasteiger partial charge is 0.488 e. The Morgan fingerprint density at radius 1 is 0.891 bits per heavy atom. The third-order valence-electron chi connectivity index (χ3n) is 12.8. The Balaban J connectivity index is 1.14. The molecule has 17 nitrogen and oxygen atoms in total. The summed E-state index contributed by atoms with van der Waals surface area (Å²) in [7, 11) is 5.53. The van der Waals surface area contributed by atoms with Crippen molar-refractivity contribution in [2.24, 2.45) is 0 Å². The van der Waals surface area contributed by atoms with Crippen LogP contribution >= 0.6 is 0 Å². The van der Waals surface area contributed by atoms with E-state index in [9.17, 15) is 19.2 Å². The number of hydrogen-bond acceptors (Lipinski definition) is 11. The van der Waals surface area contributed by atoms with Gasteiger partial charge in [0.25, 0.3) is 0 Å². The van der Waals surface area contributed by atoms with E-state index in [0.29, 0.717) is 18.3 Å². The van der Waals surface area contributed by atoms with E-state index in [1.165, 1.54) is 28.4 Å². The number of nitrogens with one attached hydrogen (secondary N) is 4. The van der Waals surface area contributed by atoms with Crippen molar-refractivity contribution >= 4 is 45.8 Å². The number of imidazole rings is 2. The lowest BCUT2D eigenvalue weighted by Gasteiger charge is -2.34. The third-order valence-corrected chi connectivity index (χ3v) is 12.8. The summed E-state index contributed by atoms with van der Waals surface area (Å²) in [5.74, 6) is 1.49. The molecule has 2 aliphatic rings. The molecule has 0 spiro atoms. The summed E-state index contributed by atoms with van der Waals surface area (Å²) in [4.78, 5) is 73.0. The molecule has 0 radical (unpaired) electrons. The fourth-order valence-corrected chi connectivity index (χ4v) is 9.05. The summed E-state index contributed by atoms with van der Waals surface area (Å²) >= 11 is 0. The van der Waals surface area contributed by atoms with Gasteiger partial charge in [-0.05, 0) is 92.8 Å². The molecule has 4 heterocycles. The van der Waals surface area contributed by atoms with Crippen molar-refractivity contribution in [2.45, 2.75) is 122 Å². The number of likely N-dealkylation sites (tertiary alicyclic amines) is 1. The maximum Gasteiger partial charge on any atom is 0.407 e. The maximum atomic E-state index is 14.1. The Labute approximate surface area is 372 Å². The Kier molecular flexibility index (Phi) is 14.1. The van der Waals surface area contributed by atoms with Crippen molar-refractivity contribution in [2.75, 3.05) is 28.4 Å². The van der Waals surface area contributed by atoms with Crippen LogP contribution < -0.4 is 15.4 Å². The molecular formula is C47H60N8O9. The number of hydrogen-bond donors (Lipinski definition) is 4. The second-order valence-corrected chi connectivity index (χ2v) is 16.7. The van der Waals surface area contributed by atoms with Gasteiger partial charge in [0.2, 0.25) is 11.8 Å². The molecule has 0 aliphatic carbocycles. The Morgan fingerprint density at radius 3 is 2.30 bits per heavy atom. The highest BCUT2D eigenvalue weighted by atomic mass is 16.5. The number of aromatic nitrogens is 4. The zero-order chi connectivity index (χ0) is 45.8. The van der Waals surface area contributed by atoms with Crippen molar-refractivity contribution < 1.29 is 42.9 Å². The van der Waals surface area contributed by atoms with Crippen LogP contribution in [0.2, 0.25) is 0 Å². The lowest BCUT2D eigenvalue weighted by atomic mass is 9.92. The highest BCUT2D eigenvalue weighted by molar-refractivity contribution is 6.07. The number of methoxy groups -OCH3 is 4. The summed E-state index contributed by atoms with van der Waals surface area (Å²) < 4.78 is 27.0. The zero-order valence-electron chi connectivity index (χ0n) is 38.1. The number of alkyl carbamates (subject to hydrolysis) is 2. The highest BCUT2D eigenvalue weighted by Crippen LogP contribution is 2.43. The molecule has 0 unspecified atom stereocenters. The number of ether oxygens (including phenoxy) is 5. The molecule has 0 bridgehead atoms. The minimum atomic E-state index is -0.960. The van der Waals surface area contributed by atoms with Crippen LogP contribution in [0.15, 0.2) is 48.7 Å². The van der Waals surface area contributed by atoms with E-state index in [1.807, 2.05) is 24.0 Å². The molecule has 5 aromatic rings. The van der Waals surface area contributed by atoms with Crippen LogP contribution in [0.4, 0.5) is 9.59 Å². The van der Waals surface area contributed by atoms with Crippen LogP contribution in [0.3, 0.4) is 0 Å². The van der Waals surface area contributed by atoms with E-state index < -0.39 is 36.5 Å². The van der Waals surface area contributed by atoms with Crippen molar-refractivity contribution in [1.82, 2.24) is 40.4 Å². The van der Waals surface area contributed by atoms with E-state index >= 15 is 0 Å². The fourth-order valence-electron chi connectivity index (χ4n) is 9.05. The molecular weight excluding hydrogens is 821 g/mol. The number of nitrogens with zero attached hydrogens (tertiary/aromatic N) is 4. The van der Waals surface area contributed by atoms with Crippen LogP contribution in [0.5, 0.6) is 5.75 Å². The number of fused-ring (bicyclic) bond motifs is 6. The monoisotopic (exact) mass is 880 g/mol. The van der Waals surface area contributed by atoms with Crippen molar-refractivity contribution in [1.29, 1.82) is 0 Å². The van der Waals surface area contributed by atoms with Crippen LogP contribution in [-0.2, 0) is 41.7 Å². The quantitative estimate of drug-likeness (QED) is 0.0785. The smallest absolute Gasteiger partial charge is 0.407 e. The summed E-state index contributed by atoms with van der Waals surface area (Å²) in [5, 5.41) is 7.23.